The zero-order valence-corrected chi connectivity index (χ0v) is 38.5. The second-order valence-corrected chi connectivity index (χ2v) is 16.6. The Labute approximate surface area is 396 Å². The Balaban J connectivity index is 0.000000206. The number of carbonyl (C=O) groups is 2. The van der Waals surface area contributed by atoms with Crippen molar-refractivity contribution < 1.29 is 47.8 Å². The van der Waals surface area contributed by atoms with Crippen LogP contribution in [-0.4, -0.2) is 89.7 Å². The summed E-state index contributed by atoms with van der Waals surface area (Å²) in [5.41, 5.74) is 2.21. The van der Waals surface area contributed by atoms with Crippen LogP contribution in [-0.2, 0) is 9.59 Å². The Hall–Kier alpha value is -4.91. The van der Waals surface area contributed by atoms with Crippen molar-refractivity contribution >= 4 is 81.4 Å². The molecular formula is C42H36Cl4MgN6O10. The Morgan fingerprint density at radius 2 is 1.00 bits per heavy atom. The van der Waals surface area contributed by atoms with Gasteiger partial charge in [-0.05, 0) is 102 Å². The van der Waals surface area contributed by atoms with E-state index in [1.54, 1.807) is 48.5 Å². The second kappa shape index (κ2) is 20.7. The van der Waals surface area contributed by atoms with Crippen molar-refractivity contribution in [3.05, 3.63) is 81.0 Å². The molecule has 16 nitrogen and oxygen atoms in total. The van der Waals surface area contributed by atoms with Crippen LogP contribution in [0.2, 0.25) is 20.1 Å². The maximum atomic E-state index is 10.8. The van der Waals surface area contributed by atoms with Crippen LogP contribution in [0.15, 0.2) is 70.0 Å². The molecule has 0 aliphatic heterocycles. The molecule has 21 heteroatoms. The quantitative estimate of drug-likeness (QED) is 0.0984. The van der Waals surface area contributed by atoms with Crippen molar-refractivity contribution in [3.63, 3.8) is 0 Å². The van der Waals surface area contributed by atoms with E-state index in [1.165, 1.54) is 12.4 Å². The van der Waals surface area contributed by atoms with E-state index in [4.69, 9.17) is 74.4 Å². The number of aromatic nitrogens is 6. The van der Waals surface area contributed by atoms with Gasteiger partial charge in [0, 0.05) is 47.3 Å². The first-order valence-corrected chi connectivity index (χ1v) is 20.8. The van der Waals surface area contributed by atoms with Crippen molar-refractivity contribution in [2.45, 2.75) is 77.8 Å². The van der Waals surface area contributed by atoms with Gasteiger partial charge in [0.2, 0.25) is 23.4 Å². The number of carboxylic acids is 2. The summed E-state index contributed by atoms with van der Waals surface area (Å²) < 4.78 is 33.2. The van der Waals surface area contributed by atoms with Gasteiger partial charge < -0.3 is 47.8 Å². The Kier molecular flexibility index (Phi) is 15.6. The molecule has 0 bridgehead atoms. The Morgan fingerprint density at radius 3 is 1.32 bits per heavy atom. The van der Waals surface area contributed by atoms with Crippen LogP contribution >= 0.6 is 46.4 Å². The molecule has 4 aromatic heterocycles. The number of hydrogen-bond acceptors (Lipinski definition) is 16. The fourth-order valence-electron chi connectivity index (χ4n) is 6.20. The van der Waals surface area contributed by atoms with Gasteiger partial charge in [-0.2, -0.15) is 9.97 Å². The van der Waals surface area contributed by atoms with Crippen LogP contribution in [0.5, 0.6) is 23.3 Å². The molecule has 2 aromatic carbocycles. The Morgan fingerprint density at radius 1 is 0.619 bits per heavy atom. The van der Waals surface area contributed by atoms with Crippen molar-refractivity contribution in [2.24, 2.45) is 11.8 Å². The SMILES string of the molecule is CC(C)Oc1ncc(-c2nc(-c3ccc(OC4CC(C(=O)[O-])C4)cc3Cl)no2)cc1Cl.CC(C)Oc1ncc(-c2nc(-c3ccc(OC4CC(C(=O)[O-])C4)cc3Cl)no2)cc1Cl.[Mg+2]. The van der Waals surface area contributed by atoms with Crippen molar-refractivity contribution in [3.8, 4) is 68.9 Å². The molecule has 0 amide bonds. The van der Waals surface area contributed by atoms with Crippen LogP contribution in [0.3, 0.4) is 0 Å². The fourth-order valence-corrected chi connectivity index (χ4v) is 7.13. The van der Waals surface area contributed by atoms with Gasteiger partial charge in [0.1, 0.15) is 21.5 Å². The predicted molar refractivity (Wildman–Crippen MR) is 228 cm³/mol. The molecular weight excluding hydrogens is 915 g/mol. The molecule has 2 aliphatic carbocycles. The number of aliphatic carboxylic acids is 2. The van der Waals surface area contributed by atoms with E-state index in [1.807, 2.05) is 27.7 Å². The largest absolute Gasteiger partial charge is 2.00 e. The van der Waals surface area contributed by atoms with E-state index in [0.29, 0.717) is 103 Å². The molecule has 0 saturated heterocycles. The van der Waals surface area contributed by atoms with E-state index in [0.717, 1.165) is 0 Å². The van der Waals surface area contributed by atoms with Crippen LogP contribution in [0.4, 0.5) is 0 Å². The average Bonchev–Trinajstić information content (AvgIpc) is 3.87. The van der Waals surface area contributed by atoms with E-state index >= 15 is 0 Å². The van der Waals surface area contributed by atoms with Crippen molar-refractivity contribution in [1.29, 1.82) is 0 Å². The average molecular weight is 951 g/mol. The molecule has 0 N–H and O–H groups in total. The number of carboxylic acid groups (broad SMARTS) is 2. The minimum Gasteiger partial charge on any atom is -0.550 e. The van der Waals surface area contributed by atoms with E-state index in [-0.39, 0.29) is 59.3 Å². The van der Waals surface area contributed by atoms with Crippen molar-refractivity contribution in [2.75, 3.05) is 0 Å². The van der Waals surface area contributed by atoms with Gasteiger partial charge >= 0.3 is 23.1 Å². The molecule has 63 heavy (non-hydrogen) atoms. The summed E-state index contributed by atoms with van der Waals surface area (Å²) >= 11 is 25.2. The molecule has 324 valence electrons. The monoisotopic (exact) mass is 948 g/mol. The molecule has 8 rings (SSSR count). The van der Waals surface area contributed by atoms with E-state index in [9.17, 15) is 19.8 Å². The van der Waals surface area contributed by atoms with Gasteiger partial charge in [-0.3, -0.25) is 0 Å². The van der Waals surface area contributed by atoms with Gasteiger partial charge in [-0.25, -0.2) is 9.97 Å². The van der Waals surface area contributed by atoms with Gasteiger partial charge in [0.05, 0.1) is 45.6 Å². The summed E-state index contributed by atoms with van der Waals surface area (Å²) in [4.78, 5) is 38.7. The summed E-state index contributed by atoms with van der Waals surface area (Å²) in [5.74, 6) is -0.187. The summed E-state index contributed by atoms with van der Waals surface area (Å²) in [6, 6.07) is 13.4. The van der Waals surface area contributed by atoms with E-state index < -0.39 is 23.8 Å². The van der Waals surface area contributed by atoms with Crippen LogP contribution in [0, 0.1) is 11.8 Å². The number of pyridine rings is 2. The number of hydrogen-bond donors (Lipinski definition) is 0. The number of nitrogens with zero attached hydrogens (tertiary/aromatic N) is 6. The number of halogens is 4. The fraction of sp³-hybridized carbons (Fsp3) is 0.333. The molecule has 0 radical (unpaired) electrons. The summed E-state index contributed by atoms with van der Waals surface area (Å²) in [6.07, 6.45) is 4.33. The van der Waals surface area contributed by atoms with Crippen LogP contribution < -0.4 is 29.2 Å². The maximum Gasteiger partial charge on any atom is 2.00 e. The first-order valence-electron chi connectivity index (χ1n) is 19.3. The first kappa shape index (κ1) is 47.6. The summed E-state index contributed by atoms with van der Waals surface area (Å²) in [7, 11) is 0. The van der Waals surface area contributed by atoms with Gasteiger partial charge in [0.25, 0.3) is 11.8 Å². The number of rotatable bonds is 14. The third-order valence-corrected chi connectivity index (χ3v) is 10.6. The summed E-state index contributed by atoms with van der Waals surface area (Å²) in [6.45, 7) is 7.53. The third-order valence-electron chi connectivity index (χ3n) is 9.48. The minimum atomic E-state index is -1.04. The molecule has 0 unspecified atom stereocenters. The second-order valence-electron chi connectivity index (χ2n) is 14.9. The standard InChI is InChI=1S/2C21H19Cl2N3O5.Mg/c2*1-10(2)29-20-17(23)7-12(9-24-20)19-25-18(26-31-19)15-4-3-13(8-16(15)22)30-14-5-11(6-14)21(27)28;/h2*3-4,7-11,14H,5-6H2,1-2H3,(H,27,28);/q;;+2/p-2. The molecule has 0 atom stereocenters. The van der Waals surface area contributed by atoms with Crippen LogP contribution in [0.1, 0.15) is 53.4 Å². The maximum absolute atomic E-state index is 10.8. The van der Waals surface area contributed by atoms with Crippen molar-refractivity contribution in [1.82, 2.24) is 30.2 Å². The Bertz CT molecular complexity index is 2410. The smallest absolute Gasteiger partial charge is 0.550 e. The number of benzene rings is 2. The molecule has 4 heterocycles. The zero-order valence-electron chi connectivity index (χ0n) is 34.1. The van der Waals surface area contributed by atoms with E-state index in [2.05, 4.69) is 30.2 Å². The van der Waals surface area contributed by atoms with Gasteiger partial charge in [-0.1, -0.05) is 56.7 Å². The first-order chi connectivity index (χ1) is 29.6. The van der Waals surface area contributed by atoms with Gasteiger partial charge in [0.15, 0.2) is 0 Å². The molecule has 0 spiro atoms. The normalized spacial score (nSPS) is 17.7. The van der Waals surface area contributed by atoms with Gasteiger partial charge in [-0.15, -0.1) is 0 Å². The molecule has 2 aliphatic rings. The van der Waals surface area contributed by atoms with Crippen LogP contribution in [0.25, 0.3) is 45.7 Å². The zero-order chi connectivity index (χ0) is 44.2. The number of ether oxygens (including phenoxy) is 4. The molecule has 2 saturated carbocycles. The number of carbonyl (C=O) groups excluding carboxylic acids is 2. The topological polar surface area (TPSA) is 221 Å². The predicted octanol–water partition coefficient (Wildman–Crippen LogP) is 7.22. The third kappa shape index (κ3) is 11.8. The molecule has 6 aromatic rings. The minimum absolute atomic E-state index is 0. The molecule has 2 fully saturated rings. The summed E-state index contributed by atoms with van der Waals surface area (Å²) in [5, 5.41) is 31.0.